The average molecular weight is 470 g/mol. The van der Waals surface area contributed by atoms with Gasteiger partial charge in [-0.3, -0.25) is 0 Å². The molecule has 0 amide bonds. The number of pyridine rings is 1. The first-order chi connectivity index (χ1) is 17.2. The third-order valence-corrected chi connectivity index (χ3v) is 6.04. The van der Waals surface area contributed by atoms with Crippen LogP contribution < -0.4 is 15.0 Å². The number of anilines is 3. The second-order valence-electron chi connectivity index (χ2n) is 8.35. The summed E-state index contributed by atoms with van der Waals surface area (Å²) in [7, 11) is 1.74. The van der Waals surface area contributed by atoms with Gasteiger partial charge in [-0.2, -0.15) is 5.10 Å². The molecule has 1 atom stereocenters. The van der Waals surface area contributed by atoms with E-state index < -0.39 is 0 Å². The minimum absolute atomic E-state index is 0.195. The second-order valence-corrected chi connectivity index (χ2v) is 8.35. The molecule has 0 bridgehead atoms. The normalized spacial score (nSPS) is 15.7. The number of hydrogen-bond donors (Lipinski definition) is 1. The Morgan fingerprint density at radius 3 is 2.86 bits per heavy atom. The van der Waals surface area contributed by atoms with Gasteiger partial charge in [-0.05, 0) is 43.2 Å². The number of nitrogens with one attached hydrogen (secondary N) is 1. The number of nitrogens with zero attached hydrogens (tertiary/aromatic N) is 8. The van der Waals surface area contributed by atoms with E-state index in [1.165, 1.54) is 12.7 Å². The Hall–Kier alpha value is -4.38. The third kappa shape index (κ3) is 4.17. The van der Waals surface area contributed by atoms with Crippen molar-refractivity contribution in [3.63, 3.8) is 0 Å². The van der Waals surface area contributed by atoms with Gasteiger partial charge in [0.05, 0.1) is 12.3 Å². The maximum Gasteiger partial charge on any atom is 0.226 e. The zero-order chi connectivity index (χ0) is 23.8. The van der Waals surface area contributed by atoms with E-state index in [1.807, 2.05) is 43.5 Å². The molecule has 35 heavy (non-hydrogen) atoms. The number of methoxy groups -OCH3 is 1. The molecule has 6 rings (SSSR count). The van der Waals surface area contributed by atoms with E-state index in [4.69, 9.17) is 14.5 Å². The van der Waals surface area contributed by atoms with Gasteiger partial charge in [0.2, 0.25) is 5.95 Å². The lowest BCUT2D eigenvalue weighted by Gasteiger charge is -2.17. The lowest BCUT2D eigenvalue weighted by atomic mass is 10.2. The first-order valence-electron chi connectivity index (χ1n) is 11.3. The van der Waals surface area contributed by atoms with Gasteiger partial charge in [-0.25, -0.2) is 29.4 Å². The molecular formula is C24H23N9O2. The number of hydrogen-bond acceptors (Lipinski definition) is 10. The molecule has 0 saturated carbocycles. The first-order valence-corrected chi connectivity index (χ1v) is 11.3. The molecule has 0 aliphatic carbocycles. The van der Waals surface area contributed by atoms with Crippen molar-refractivity contribution in [2.45, 2.75) is 19.4 Å². The van der Waals surface area contributed by atoms with Crippen molar-refractivity contribution in [2.24, 2.45) is 0 Å². The summed E-state index contributed by atoms with van der Waals surface area (Å²) in [4.78, 5) is 24.4. The maximum atomic E-state index is 6.08. The van der Waals surface area contributed by atoms with Crippen molar-refractivity contribution in [1.82, 2.24) is 34.5 Å². The van der Waals surface area contributed by atoms with Crippen LogP contribution >= 0.6 is 0 Å². The zero-order valence-electron chi connectivity index (χ0n) is 19.3. The molecular weight excluding hydrogens is 446 g/mol. The smallest absolute Gasteiger partial charge is 0.226 e. The molecule has 1 aromatic carbocycles. The highest BCUT2D eigenvalue weighted by atomic mass is 16.5. The quantitative estimate of drug-likeness (QED) is 0.396. The fraction of sp³-hybridized carbons (Fsp3) is 0.250. The molecule has 176 valence electrons. The topological polar surface area (TPSA) is 115 Å². The Kier molecular flexibility index (Phi) is 5.30. The van der Waals surface area contributed by atoms with E-state index in [0.29, 0.717) is 28.5 Å². The molecule has 1 saturated heterocycles. The van der Waals surface area contributed by atoms with Crippen LogP contribution in [0.15, 0.2) is 55.4 Å². The lowest BCUT2D eigenvalue weighted by molar-refractivity contribution is 0.121. The first kappa shape index (κ1) is 21.2. The summed E-state index contributed by atoms with van der Waals surface area (Å²) in [6.45, 7) is 3.61. The number of fused-ring (bicyclic) bond motifs is 2. The van der Waals surface area contributed by atoms with Crippen LogP contribution in [0.4, 0.5) is 17.5 Å². The predicted molar refractivity (Wildman–Crippen MR) is 130 cm³/mol. The van der Waals surface area contributed by atoms with Crippen LogP contribution in [-0.4, -0.2) is 60.8 Å². The Balaban J connectivity index is 1.24. The van der Waals surface area contributed by atoms with E-state index in [1.54, 1.807) is 17.8 Å². The van der Waals surface area contributed by atoms with Crippen molar-refractivity contribution in [3.05, 3.63) is 60.9 Å². The number of aryl methyl sites for hydroxylation is 1. The molecule has 5 aromatic rings. The molecule has 1 aliphatic heterocycles. The Morgan fingerprint density at radius 1 is 1.06 bits per heavy atom. The van der Waals surface area contributed by atoms with E-state index >= 15 is 0 Å². The van der Waals surface area contributed by atoms with Crippen LogP contribution in [0.2, 0.25) is 0 Å². The minimum atomic E-state index is 0.195. The fourth-order valence-corrected chi connectivity index (χ4v) is 4.16. The van der Waals surface area contributed by atoms with Crippen molar-refractivity contribution in [2.75, 3.05) is 30.4 Å². The van der Waals surface area contributed by atoms with Gasteiger partial charge in [0.25, 0.3) is 0 Å². The predicted octanol–water partition coefficient (Wildman–Crippen LogP) is 3.53. The molecule has 1 aliphatic rings. The molecule has 4 aromatic heterocycles. The number of aromatic nitrogens is 7. The van der Waals surface area contributed by atoms with Crippen LogP contribution in [0.5, 0.6) is 11.5 Å². The minimum Gasteiger partial charge on any atom is -0.457 e. The van der Waals surface area contributed by atoms with Crippen LogP contribution in [-0.2, 0) is 4.74 Å². The average Bonchev–Trinajstić information content (AvgIpc) is 3.55. The Morgan fingerprint density at radius 2 is 2.00 bits per heavy atom. The highest BCUT2D eigenvalue weighted by Crippen LogP contribution is 2.30. The summed E-state index contributed by atoms with van der Waals surface area (Å²) in [6, 6.07) is 9.57. The number of rotatable bonds is 6. The van der Waals surface area contributed by atoms with E-state index in [-0.39, 0.29) is 6.10 Å². The molecule has 11 heteroatoms. The molecule has 1 N–H and O–H groups in total. The molecule has 0 spiro atoms. The Labute approximate surface area is 200 Å². The molecule has 11 nitrogen and oxygen atoms in total. The largest absolute Gasteiger partial charge is 0.457 e. The fourth-order valence-electron chi connectivity index (χ4n) is 4.16. The molecule has 1 fully saturated rings. The molecule has 0 radical (unpaired) electrons. The summed E-state index contributed by atoms with van der Waals surface area (Å²) in [5.74, 6) is 2.71. The summed E-state index contributed by atoms with van der Waals surface area (Å²) in [6.07, 6.45) is 7.72. The van der Waals surface area contributed by atoms with Gasteiger partial charge in [0.15, 0.2) is 11.5 Å². The summed E-state index contributed by atoms with van der Waals surface area (Å²) in [5.41, 5.74) is 3.89. The third-order valence-electron chi connectivity index (χ3n) is 6.04. The summed E-state index contributed by atoms with van der Waals surface area (Å²) >= 11 is 0. The SMILES string of the molecule is CO[C@@H]1CCN(c2ncc3ncnc(Nc4ccc(Oc5ccn6ncnc6c5)c(C)c4)c3n2)C1. The van der Waals surface area contributed by atoms with Crippen LogP contribution in [0.1, 0.15) is 12.0 Å². The van der Waals surface area contributed by atoms with Crippen LogP contribution in [0.25, 0.3) is 16.7 Å². The van der Waals surface area contributed by atoms with E-state index in [9.17, 15) is 0 Å². The summed E-state index contributed by atoms with van der Waals surface area (Å²) in [5, 5.41) is 7.48. The molecule has 5 heterocycles. The number of ether oxygens (including phenoxy) is 2. The zero-order valence-corrected chi connectivity index (χ0v) is 19.3. The van der Waals surface area contributed by atoms with Gasteiger partial charge < -0.3 is 19.7 Å². The maximum absolute atomic E-state index is 6.08. The van der Waals surface area contributed by atoms with Crippen molar-refractivity contribution in [3.8, 4) is 11.5 Å². The molecule has 0 unspecified atom stereocenters. The van der Waals surface area contributed by atoms with E-state index in [2.05, 4.69) is 35.3 Å². The van der Waals surface area contributed by atoms with E-state index in [0.717, 1.165) is 42.2 Å². The Bertz CT molecular complexity index is 1520. The highest BCUT2D eigenvalue weighted by Gasteiger charge is 2.24. The van der Waals surface area contributed by atoms with Crippen molar-refractivity contribution in [1.29, 1.82) is 0 Å². The summed E-state index contributed by atoms with van der Waals surface area (Å²) < 4.78 is 13.2. The monoisotopic (exact) mass is 469 g/mol. The lowest BCUT2D eigenvalue weighted by Crippen LogP contribution is -2.24. The number of benzene rings is 1. The van der Waals surface area contributed by atoms with Crippen molar-refractivity contribution >= 4 is 34.1 Å². The van der Waals surface area contributed by atoms with Crippen LogP contribution in [0.3, 0.4) is 0 Å². The second kappa shape index (κ2) is 8.76. The van der Waals surface area contributed by atoms with Gasteiger partial charge in [0, 0.05) is 38.1 Å². The van der Waals surface area contributed by atoms with Crippen LogP contribution in [0, 0.1) is 6.92 Å². The van der Waals surface area contributed by atoms with Crippen molar-refractivity contribution < 1.29 is 9.47 Å². The van der Waals surface area contributed by atoms with Gasteiger partial charge in [-0.1, -0.05) is 0 Å². The highest BCUT2D eigenvalue weighted by molar-refractivity contribution is 5.87. The van der Waals surface area contributed by atoms with Gasteiger partial charge in [0.1, 0.15) is 35.2 Å². The van der Waals surface area contributed by atoms with Gasteiger partial charge in [-0.15, -0.1) is 0 Å². The standard InChI is InChI=1S/C24H23N9O2/c1-15-9-16(3-4-20(15)35-17-6-8-33-21(10-17)27-14-29-33)30-23-22-19(26-13-28-23)11-25-24(31-22)32-7-5-18(12-32)34-2/h3-4,6,8-11,13-14,18H,5,7,12H2,1-2H3,(H,26,28,30)/t18-/m1/s1. The van der Waals surface area contributed by atoms with Gasteiger partial charge >= 0.3 is 0 Å².